The summed E-state index contributed by atoms with van der Waals surface area (Å²) in [6, 6.07) is 8.71. The lowest BCUT2D eigenvalue weighted by Gasteiger charge is -2.21. The average molecular weight is 285 g/mol. The van der Waals surface area contributed by atoms with E-state index in [0.29, 0.717) is 5.92 Å². The van der Waals surface area contributed by atoms with E-state index < -0.39 is 0 Å². The molecule has 0 bridgehead atoms. The van der Waals surface area contributed by atoms with Crippen LogP contribution >= 0.6 is 0 Å². The highest BCUT2D eigenvalue weighted by Gasteiger charge is 2.23. The van der Waals surface area contributed by atoms with Crippen LogP contribution < -0.4 is 5.73 Å². The van der Waals surface area contributed by atoms with E-state index in [9.17, 15) is 0 Å². The minimum atomic E-state index is -0.384. The van der Waals surface area contributed by atoms with E-state index in [4.69, 9.17) is 5.73 Å². The second-order valence-electron chi connectivity index (χ2n) is 6.61. The number of hydrogen-bond donors (Lipinski definition) is 2. The number of H-pyrrole nitrogens is 1. The number of nitrogens with one attached hydrogen (secondary N) is 1. The molecule has 1 aromatic heterocycles. The number of nitrogens with two attached hydrogens (primary N) is 1. The van der Waals surface area contributed by atoms with Crippen LogP contribution in [0.25, 0.3) is 11.3 Å². The number of rotatable bonds is 6. The Bertz CT molecular complexity index is 564. The van der Waals surface area contributed by atoms with Crippen LogP contribution in [0.5, 0.6) is 0 Å². The molecule has 0 aliphatic carbocycles. The largest absolute Gasteiger partial charge is 0.340 e. The molecule has 2 rings (SSSR count). The van der Waals surface area contributed by atoms with E-state index in [1.165, 1.54) is 5.56 Å². The molecule has 1 atom stereocenters. The van der Waals surface area contributed by atoms with Crippen molar-refractivity contribution in [2.75, 3.05) is 0 Å². The van der Waals surface area contributed by atoms with E-state index in [2.05, 4.69) is 55.0 Å². The number of aromatic nitrogens is 2. The molecule has 0 aliphatic heterocycles. The predicted molar refractivity (Wildman–Crippen MR) is 89.0 cm³/mol. The van der Waals surface area contributed by atoms with E-state index in [0.717, 1.165) is 36.3 Å². The molecule has 0 saturated heterocycles. The number of nitrogens with zero attached hydrogens (tertiary/aromatic N) is 1. The molecule has 0 fully saturated rings. The Kier molecular flexibility index (Phi) is 4.84. The number of benzene rings is 1. The molecule has 1 heterocycles. The third-order valence-electron chi connectivity index (χ3n) is 3.80. The molecule has 0 radical (unpaired) electrons. The predicted octanol–water partition coefficient (Wildman–Crippen LogP) is 4.25. The summed E-state index contributed by atoms with van der Waals surface area (Å²) in [6.07, 6.45) is 4.97. The number of hydrogen-bond acceptors (Lipinski definition) is 2. The first-order chi connectivity index (χ1) is 9.92. The average Bonchev–Trinajstić information content (AvgIpc) is 2.89. The fourth-order valence-electron chi connectivity index (χ4n) is 2.69. The Morgan fingerprint density at radius 2 is 1.90 bits per heavy atom. The quantitative estimate of drug-likeness (QED) is 0.833. The molecule has 2 aromatic rings. The van der Waals surface area contributed by atoms with Gasteiger partial charge in [-0.05, 0) is 36.8 Å². The summed E-state index contributed by atoms with van der Waals surface area (Å²) in [5.41, 5.74) is 9.52. The first kappa shape index (κ1) is 15.8. The van der Waals surface area contributed by atoms with Crippen LogP contribution in [-0.2, 0) is 12.0 Å². The molecule has 1 aromatic carbocycles. The summed E-state index contributed by atoms with van der Waals surface area (Å²) in [4.78, 5) is 7.85. The van der Waals surface area contributed by atoms with Gasteiger partial charge in [0.25, 0.3) is 0 Å². The summed E-state index contributed by atoms with van der Waals surface area (Å²) in [6.45, 7) is 8.66. The van der Waals surface area contributed by atoms with Crippen molar-refractivity contribution < 1.29 is 0 Å². The second-order valence-corrected chi connectivity index (χ2v) is 6.61. The molecule has 3 nitrogen and oxygen atoms in total. The normalized spacial score (nSPS) is 14.4. The Labute approximate surface area is 128 Å². The van der Waals surface area contributed by atoms with Crippen LogP contribution in [-0.4, -0.2) is 9.97 Å². The standard InChI is InChI=1S/C18H27N3/c1-5-10-18(4,19)17-20-12-16(21-17)15-8-6-14(7-9-15)11-13(2)3/h6-9,12-13H,5,10-11,19H2,1-4H3,(H,20,21). The van der Waals surface area contributed by atoms with Crippen molar-refractivity contribution in [3.05, 3.63) is 41.9 Å². The zero-order valence-corrected chi connectivity index (χ0v) is 13.6. The molecule has 0 amide bonds. The van der Waals surface area contributed by atoms with Crippen molar-refractivity contribution in [3.8, 4) is 11.3 Å². The highest BCUT2D eigenvalue weighted by atomic mass is 15.0. The zero-order valence-electron chi connectivity index (χ0n) is 13.6. The van der Waals surface area contributed by atoms with Crippen molar-refractivity contribution in [1.82, 2.24) is 9.97 Å². The summed E-state index contributed by atoms with van der Waals surface area (Å²) in [5, 5.41) is 0. The molecular formula is C18H27N3. The lowest BCUT2D eigenvalue weighted by molar-refractivity contribution is 0.423. The van der Waals surface area contributed by atoms with Gasteiger partial charge in [0.1, 0.15) is 5.82 Å². The van der Waals surface area contributed by atoms with Gasteiger partial charge in [-0.1, -0.05) is 51.5 Å². The zero-order chi connectivity index (χ0) is 15.5. The first-order valence-electron chi connectivity index (χ1n) is 7.86. The van der Waals surface area contributed by atoms with E-state index in [1.54, 1.807) is 0 Å². The highest BCUT2D eigenvalue weighted by molar-refractivity contribution is 5.59. The molecule has 3 N–H and O–H groups in total. The Morgan fingerprint density at radius 1 is 1.24 bits per heavy atom. The molecule has 0 aliphatic rings. The molecule has 114 valence electrons. The fraction of sp³-hybridized carbons (Fsp3) is 0.500. The Morgan fingerprint density at radius 3 is 2.48 bits per heavy atom. The molecule has 1 unspecified atom stereocenters. The topological polar surface area (TPSA) is 54.7 Å². The summed E-state index contributed by atoms with van der Waals surface area (Å²) in [5.74, 6) is 1.55. The third kappa shape index (κ3) is 3.94. The summed E-state index contributed by atoms with van der Waals surface area (Å²) >= 11 is 0. The lowest BCUT2D eigenvalue weighted by Crippen LogP contribution is -2.34. The second kappa shape index (κ2) is 6.44. The molecule has 21 heavy (non-hydrogen) atoms. The lowest BCUT2D eigenvalue weighted by atomic mass is 9.97. The van der Waals surface area contributed by atoms with Crippen LogP contribution in [0.15, 0.2) is 30.5 Å². The van der Waals surface area contributed by atoms with Gasteiger partial charge >= 0.3 is 0 Å². The van der Waals surface area contributed by atoms with Crippen LogP contribution in [0.3, 0.4) is 0 Å². The van der Waals surface area contributed by atoms with Gasteiger partial charge in [0, 0.05) is 0 Å². The van der Waals surface area contributed by atoms with Crippen molar-refractivity contribution in [1.29, 1.82) is 0 Å². The Hall–Kier alpha value is -1.61. The van der Waals surface area contributed by atoms with Gasteiger partial charge in [-0.25, -0.2) is 4.98 Å². The van der Waals surface area contributed by atoms with Crippen molar-refractivity contribution >= 4 is 0 Å². The van der Waals surface area contributed by atoms with Crippen molar-refractivity contribution in [2.24, 2.45) is 11.7 Å². The minimum absolute atomic E-state index is 0.384. The van der Waals surface area contributed by atoms with Gasteiger partial charge in [0.2, 0.25) is 0 Å². The molecule has 0 saturated carbocycles. The first-order valence-corrected chi connectivity index (χ1v) is 7.86. The third-order valence-corrected chi connectivity index (χ3v) is 3.80. The SMILES string of the molecule is CCCC(C)(N)c1ncc(-c2ccc(CC(C)C)cc2)[nH]1. The molecular weight excluding hydrogens is 258 g/mol. The van der Waals surface area contributed by atoms with Crippen LogP contribution in [0.1, 0.15) is 51.9 Å². The van der Waals surface area contributed by atoms with Crippen LogP contribution in [0.4, 0.5) is 0 Å². The van der Waals surface area contributed by atoms with Gasteiger partial charge in [-0.2, -0.15) is 0 Å². The number of imidazole rings is 1. The van der Waals surface area contributed by atoms with Gasteiger partial charge in [0.15, 0.2) is 0 Å². The fourth-order valence-corrected chi connectivity index (χ4v) is 2.69. The van der Waals surface area contributed by atoms with Crippen molar-refractivity contribution in [2.45, 2.75) is 52.5 Å². The van der Waals surface area contributed by atoms with Gasteiger partial charge in [0.05, 0.1) is 17.4 Å². The van der Waals surface area contributed by atoms with E-state index >= 15 is 0 Å². The molecule has 3 heteroatoms. The number of aromatic amines is 1. The van der Waals surface area contributed by atoms with Gasteiger partial charge in [-0.15, -0.1) is 0 Å². The molecule has 0 spiro atoms. The maximum absolute atomic E-state index is 6.33. The van der Waals surface area contributed by atoms with Crippen LogP contribution in [0.2, 0.25) is 0 Å². The Balaban J connectivity index is 2.18. The maximum Gasteiger partial charge on any atom is 0.126 e. The van der Waals surface area contributed by atoms with E-state index in [1.807, 2.05) is 13.1 Å². The van der Waals surface area contributed by atoms with Crippen molar-refractivity contribution in [3.63, 3.8) is 0 Å². The van der Waals surface area contributed by atoms with Gasteiger partial charge < -0.3 is 10.7 Å². The van der Waals surface area contributed by atoms with E-state index in [-0.39, 0.29) is 5.54 Å². The minimum Gasteiger partial charge on any atom is -0.340 e. The maximum atomic E-state index is 6.33. The monoisotopic (exact) mass is 285 g/mol. The van der Waals surface area contributed by atoms with Gasteiger partial charge in [-0.3, -0.25) is 0 Å². The van der Waals surface area contributed by atoms with Crippen LogP contribution in [0, 0.1) is 5.92 Å². The smallest absolute Gasteiger partial charge is 0.126 e. The summed E-state index contributed by atoms with van der Waals surface area (Å²) < 4.78 is 0. The highest BCUT2D eigenvalue weighted by Crippen LogP contribution is 2.24. The summed E-state index contributed by atoms with van der Waals surface area (Å²) in [7, 11) is 0.